The van der Waals surface area contributed by atoms with E-state index in [1.165, 1.54) is 23.5 Å². The van der Waals surface area contributed by atoms with E-state index in [-0.39, 0.29) is 39.3 Å². The highest BCUT2D eigenvalue weighted by atomic mass is 35.5. The van der Waals surface area contributed by atoms with Crippen LogP contribution in [0.25, 0.3) is 11.0 Å². The normalized spacial score (nSPS) is 18.0. The Morgan fingerprint density at radius 1 is 1.25 bits per heavy atom. The van der Waals surface area contributed by atoms with E-state index in [0.717, 1.165) is 0 Å². The average molecular weight is 475 g/mol. The molecule has 4 rings (SSSR count). The topological polar surface area (TPSA) is 109 Å². The maximum Gasteiger partial charge on any atom is 0.261 e. The highest BCUT2D eigenvalue weighted by molar-refractivity contribution is 6.39. The lowest BCUT2D eigenvalue weighted by Gasteiger charge is -2.19. The number of anilines is 1. The molecular weight excluding hydrogens is 455 g/mol. The smallest absolute Gasteiger partial charge is 0.261 e. The molecule has 3 aromatic rings. The summed E-state index contributed by atoms with van der Waals surface area (Å²) in [6, 6.07) is 2.72. The minimum Gasteiger partial charge on any atom is -0.347 e. The van der Waals surface area contributed by atoms with E-state index in [1.807, 2.05) is 0 Å². The molecule has 1 fully saturated rings. The summed E-state index contributed by atoms with van der Waals surface area (Å²) in [7, 11) is 3.40. The molecule has 0 aliphatic carbocycles. The summed E-state index contributed by atoms with van der Waals surface area (Å²) in [5.74, 6) is -0.692. The molecule has 1 aliphatic heterocycles. The van der Waals surface area contributed by atoms with Crippen LogP contribution in [0.5, 0.6) is 0 Å². The molecule has 0 bridgehead atoms. The van der Waals surface area contributed by atoms with Crippen molar-refractivity contribution >= 4 is 51.7 Å². The van der Waals surface area contributed by atoms with Gasteiger partial charge < -0.3 is 20.1 Å². The fraction of sp³-hybridized carbons (Fsp3) is 0.286. The van der Waals surface area contributed by atoms with Gasteiger partial charge in [0.1, 0.15) is 11.2 Å². The molecule has 166 valence electrons. The largest absolute Gasteiger partial charge is 0.347 e. The Bertz CT molecular complexity index is 1260. The van der Waals surface area contributed by atoms with Gasteiger partial charge >= 0.3 is 0 Å². The quantitative estimate of drug-likeness (QED) is 0.600. The zero-order valence-corrected chi connectivity index (χ0v) is 18.8. The van der Waals surface area contributed by atoms with Crippen LogP contribution in [0.15, 0.2) is 41.7 Å². The first-order valence-electron chi connectivity index (χ1n) is 9.82. The Kier molecular flexibility index (Phi) is 6.14. The van der Waals surface area contributed by atoms with Crippen LogP contribution >= 0.6 is 23.2 Å². The summed E-state index contributed by atoms with van der Waals surface area (Å²) in [6.45, 7) is 0.488. The minimum atomic E-state index is -0.656. The number of nitrogens with one attached hydrogen (secondary N) is 2. The molecule has 0 aromatic carbocycles. The lowest BCUT2D eigenvalue weighted by Crippen LogP contribution is -2.39. The van der Waals surface area contributed by atoms with Crippen molar-refractivity contribution in [2.24, 2.45) is 0 Å². The number of amides is 2. The molecular formula is C21H20Cl2N6O3. The van der Waals surface area contributed by atoms with Gasteiger partial charge in [-0.15, -0.1) is 0 Å². The van der Waals surface area contributed by atoms with E-state index in [1.54, 1.807) is 37.0 Å². The third-order valence-electron chi connectivity index (χ3n) is 5.37. The van der Waals surface area contributed by atoms with E-state index in [4.69, 9.17) is 23.2 Å². The van der Waals surface area contributed by atoms with Gasteiger partial charge in [0, 0.05) is 51.5 Å². The van der Waals surface area contributed by atoms with Crippen molar-refractivity contribution in [3.05, 3.63) is 62.8 Å². The monoisotopic (exact) mass is 474 g/mol. The second-order valence-electron chi connectivity index (χ2n) is 7.67. The van der Waals surface area contributed by atoms with Gasteiger partial charge in [0.25, 0.3) is 5.91 Å². The number of hydrogen-bond donors (Lipinski definition) is 2. The number of rotatable bonds is 4. The van der Waals surface area contributed by atoms with Gasteiger partial charge in [-0.3, -0.25) is 19.4 Å². The Hall–Kier alpha value is -3.01. The molecule has 11 heteroatoms. The second kappa shape index (κ2) is 8.85. The maximum absolute atomic E-state index is 13.1. The zero-order valence-electron chi connectivity index (χ0n) is 17.3. The van der Waals surface area contributed by atoms with Gasteiger partial charge in [-0.2, -0.15) is 0 Å². The van der Waals surface area contributed by atoms with Crippen molar-refractivity contribution in [2.75, 3.05) is 26.0 Å². The van der Waals surface area contributed by atoms with E-state index >= 15 is 0 Å². The van der Waals surface area contributed by atoms with Crippen molar-refractivity contribution < 1.29 is 9.59 Å². The summed E-state index contributed by atoms with van der Waals surface area (Å²) in [4.78, 5) is 48.3. The highest BCUT2D eigenvalue weighted by Crippen LogP contribution is 2.29. The van der Waals surface area contributed by atoms with E-state index in [2.05, 4.69) is 20.6 Å². The molecule has 2 N–H and O–H groups in total. The lowest BCUT2D eigenvalue weighted by atomic mass is 10.1. The Morgan fingerprint density at radius 3 is 2.66 bits per heavy atom. The van der Waals surface area contributed by atoms with Crippen LogP contribution in [-0.2, 0) is 4.79 Å². The van der Waals surface area contributed by atoms with E-state index in [9.17, 15) is 14.4 Å². The molecule has 32 heavy (non-hydrogen) atoms. The van der Waals surface area contributed by atoms with Crippen LogP contribution in [-0.4, -0.2) is 57.9 Å². The summed E-state index contributed by atoms with van der Waals surface area (Å²) < 4.78 is 1.78. The molecule has 3 aromatic heterocycles. The number of fused-ring (bicyclic) bond motifs is 1. The number of pyridine rings is 3. The molecule has 1 aliphatic rings. The van der Waals surface area contributed by atoms with E-state index in [0.29, 0.717) is 24.0 Å². The number of likely N-dealkylation sites (N-methyl/N-ethyl adjacent to an activating group) is 1. The van der Waals surface area contributed by atoms with Crippen LogP contribution in [0, 0.1) is 0 Å². The SMILES string of the molecule is CN(C)C(=O)[C@@H]1C[C@H](n2cc(C(=O)Nc3c(Cl)cncc3Cl)c(=O)c3cccnc32)CN1. The molecule has 0 spiro atoms. The number of nitrogens with zero attached hydrogens (tertiary/aromatic N) is 4. The van der Waals surface area contributed by atoms with Crippen molar-refractivity contribution in [2.45, 2.75) is 18.5 Å². The van der Waals surface area contributed by atoms with Crippen LogP contribution in [0.1, 0.15) is 22.8 Å². The van der Waals surface area contributed by atoms with Crippen LogP contribution < -0.4 is 16.1 Å². The molecule has 1 saturated heterocycles. The summed E-state index contributed by atoms with van der Waals surface area (Å²) in [5, 5.41) is 6.42. The first kappa shape index (κ1) is 22.2. The van der Waals surface area contributed by atoms with Gasteiger partial charge in [0.2, 0.25) is 11.3 Å². The summed E-state index contributed by atoms with van der Waals surface area (Å²) in [5.41, 5.74) is 0.0652. The van der Waals surface area contributed by atoms with Crippen molar-refractivity contribution in [3.63, 3.8) is 0 Å². The summed E-state index contributed by atoms with van der Waals surface area (Å²) >= 11 is 12.2. The first-order chi connectivity index (χ1) is 15.3. The Labute approximate surface area is 193 Å². The van der Waals surface area contributed by atoms with Gasteiger partial charge in [-0.1, -0.05) is 23.2 Å². The molecule has 0 radical (unpaired) electrons. The number of aromatic nitrogens is 3. The number of carbonyl (C=O) groups is 2. The van der Waals surface area contributed by atoms with Gasteiger partial charge in [-0.25, -0.2) is 4.98 Å². The molecule has 9 nitrogen and oxygen atoms in total. The number of hydrogen-bond acceptors (Lipinski definition) is 6. The molecule has 0 unspecified atom stereocenters. The number of halogens is 2. The van der Waals surface area contributed by atoms with Crippen molar-refractivity contribution in [1.82, 2.24) is 24.8 Å². The second-order valence-corrected chi connectivity index (χ2v) is 8.48. The van der Waals surface area contributed by atoms with Gasteiger partial charge in [0.05, 0.1) is 27.2 Å². The highest BCUT2D eigenvalue weighted by Gasteiger charge is 2.32. The average Bonchev–Trinajstić information content (AvgIpc) is 3.26. The Balaban J connectivity index is 1.75. The molecule has 2 amide bonds. The molecule has 0 saturated carbocycles. The zero-order chi connectivity index (χ0) is 23.0. The third-order valence-corrected chi connectivity index (χ3v) is 5.94. The van der Waals surface area contributed by atoms with Gasteiger partial charge in [-0.05, 0) is 18.6 Å². The lowest BCUT2D eigenvalue weighted by molar-refractivity contribution is -0.130. The predicted molar refractivity (Wildman–Crippen MR) is 122 cm³/mol. The van der Waals surface area contributed by atoms with Crippen LogP contribution in [0.2, 0.25) is 10.0 Å². The Morgan fingerprint density at radius 2 is 1.97 bits per heavy atom. The number of carbonyl (C=O) groups excluding carboxylic acids is 2. The fourth-order valence-corrected chi connectivity index (χ4v) is 4.22. The molecule has 2 atom stereocenters. The van der Waals surface area contributed by atoms with Crippen LogP contribution in [0.4, 0.5) is 5.69 Å². The fourth-order valence-electron chi connectivity index (χ4n) is 3.76. The predicted octanol–water partition coefficient (Wildman–Crippen LogP) is 2.34. The first-order valence-corrected chi connectivity index (χ1v) is 10.6. The van der Waals surface area contributed by atoms with Gasteiger partial charge in [0.15, 0.2) is 0 Å². The van der Waals surface area contributed by atoms with Crippen LogP contribution in [0.3, 0.4) is 0 Å². The third kappa shape index (κ3) is 4.06. The van der Waals surface area contributed by atoms with Crippen molar-refractivity contribution in [3.8, 4) is 0 Å². The maximum atomic E-state index is 13.1. The summed E-state index contributed by atoms with van der Waals surface area (Å²) in [6.07, 6.45) is 6.24. The minimum absolute atomic E-state index is 0.0363. The standard InChI is InChI=1S/C21H20Cl2N6O3/c1-28(2)21(32)16-6-11(7-26-16)29-10-13(18(30)12-4-3-5-25-19(12)29)20(31)27-17-14(22)8-24-9-15(17)23/h3-5,8-11,16,26H,6-7H2,1-2H3,(H,24,27,31)/t11-,16-/m0/s1. The van der Waals surface area contributed by atoms with Crippen molar-refractivity contribution in [1.29, 1.82) is 0 Å². The van der Waals surface area contributed by atoms with E-state index < -0.39 is 11.3 Å². The molecule has 4 heterocycles.